The topological polar surface area (TPSA) is 25.2 Å². The Morgan fingerprint density at radius 2 is 1.93 bits per heavy atom. The highest BCUT2D eigenvalue weighted by Crippen LogP contribution is 2.24. The van der Waals surface area contributed by atoms with E-state index < -0.39 is 12.7 Å². The number of halogens is 3. The number of phenols is 1. The van der Waals surface area contributed by atoms with E-state index in [1.165, 1.54) is 24.4 Å². The molecule has 2 aromatic rings. The van der Waals surface area contributed by atoms with Crippen LogP contribution >= 0.6 is 0 Å². The molecule has 0 saturated carbocycles. The molecule has 80 valence electrons. The SMILES string of the molecule is Oc1ccc2c(ccn2CC(F)(F)F)c1. The van der Waals surface area contributed by atoms with Crippen molar-refractivity contribution in [3.8, 4) is 5.75 Å². The van der Waals surface area contributed by atoms with Gasteiger partial charge in [-0.15, -0.1) is 0 Å². The zero-order valence-corrected chi connectivity index (χ0v) is 7.62. The van der Waals surface area contributed by atoms with E-state index in [1.54, 1.807) is 6.07 Å². The second-order valence-electron chi connectivity index (χ2n) is 3.30. The second kappa shape index (κ2) is 3.18. The highest BCUT2D eigenvalue weighted by Gasteiger charge is 2.28. The summed E-state index contributed by atoms with van der Waals surface area (Å²) in [6.07, 6.45) is -2.87. The van der Waals surface area contributed by atoms with Crippen LogP contribution in [0.15, 0.2) is 30.5 Å². The molecular formula is C10H8F3NO. The van der Waals surface area contributed by atoms with E-state index in [9.17, 15) is 13.2 Å². The number of phenolic OH excluding ortho intramolecular Hbond substituents is 1. The van der Waals surface area contributed by atoms with Crippen LogP contribution in [0.4, 0.5) is 13.2 Å². The van der Waals surface area contributed by atoms with Gasteiger partial charge in [0.1, 0.15) is 12.3 Å². The lowest BCUT2D eigenvalue weighted by Crippen LogP contribution is -2.16. The van der Waals surface area contributed by atoms with Crippen molar-refractivity contribution in [3.63, 3.8) is 0 Å². The van der Waals surface area contributed by atoms with Crippen molar-refractivity contribution < 1.29 is 18.3 Å². The minimum atomic E-state index is -4.23. The first-order valence-corrected chi connectivity index (χ1v) is 4.30. The standard InChI is InChI=1S/C10H8F3NO/c11-10(12,13)6-14-4-3-7-5-8(15)1-2-9(7)14/h1-5,15H,6H2. The van der Waals surface area contributed by atoms with Crippen LogP contribution in [-0.2, 0) is 6.54 Å². The molecule has 0 aliphatic rings. The lowest BCUT2D eigenvalue weighted by molar-refractivity contribution is -0.139. The van der Waals surface area contributed by atoms with Gasteiger partial charge in [0, 0.05) is 17.1 Å². The van der Waals surface area contributed by atoms with Gasteiger partial charge in [0.15, 0.2) is 0 Å². The van der Waals surface area contributed by atoms with Crippen molar-refractivity contribution in [1.29, 1.82) is 0 Å². The maximum atomic E-state index is 12.2. The predicted octanol–water partition coefficient (Wildman–Crippen LogP) is 2.91. The van der Waals surface area contributed by atoms with E-state index in [1.807, 2.05) is 0 Å². The van der Waals surface area contributed by atoms with Gasteiger partial charge in [-0.05, 0) is 24.3 Å². The number of aromatic nitrogens is 1. The van der Waals surface area contributed by atoms with Crippen LogP contribution in [0, 0.1) is 0 Å². The van der Waals surface area contributed by atoms with Gasteiger partial charge in [0.2, 0.25) is 0 Å². The molecule has 0 spiro atoms. The third kappa shape index (κ3) is 2.06. The third-order valence-electron chi connectivity index (χ3n) is 2.10. The molecule has 0 radical (unpaired) electrons. The van der Waals surface area contributed by atoms with Crippen LogP contribution in [0.3, 0.4) is 0 Å². The molecule has 0 atom stereocenters. The largest absolute Gasteiger partial charge is 0.508 e. The molecule has 1 aromatic carbocycles. The van der Waals surface area contributed by atoms with E-state index >= 15 is 0 Å². The van der Waals surface area contributed by atoms with Gasteiger partial charge in [-0.1, -0.05) is 0 Å². The quantitative estimate of drug-likeness (QED) is 0.777. The predicted molar refractivity (Wildman–Crippen MR) is 49.7 cm³/mol. The molecule has 1 N–H and O–H groups in total. The van der Waals surface area contributed by atoms with E-state index in [4.69, 9.17) is 5.11 Å². The minimum Gasteiger partial charge on any atom is -0.508 e. The summed E-state index contributed by atoms with van der Waals surface area (Å²) in [6, 6.07) is 5.81. The van der Waals surface area contributed by atoms with Gasteiger partial charge < -0.3 is 9.67 Å². The summed E-state index contributed by atoms with van der Waals surface area (Å²) in [5, 5.41) is 9.74. The zero-order chi connectivity index (χ0) is 11.1. The number of hydrogen-bond acceptors (Lipinski definition) is 1. The van der Waals surface area contributed by atoms with Crippen LogP contribution < -0.4 is 0 Å². The maximum absolute atomic E-state index is 12.2. The number of benzene rings is 1. The number of alkyl halides is 3. The molecule has 0 amide bonds. The molecule has 0 fully saturated rings. The Bertz CT molecular complexity index is 487. The number of rotatable bonds is 1. The summed E-state index contributed by atoms with van der Waals surface area (Å²) in [4.78, 5) is 0. The van der Waals surface area contributed by atoms with Crippen molar-refractivity contribution in [2.24, 2.45) is 0 Å². The van der Waals surface area contributed by atoms with Crippen molar-refractivity contribution >= 4 is 10.9 Å². The highest BCUT2D eigenvalue weighted by atomic mass is 19.4. The summed E-state index contributed by atoms with van der Waals surface area (Å²) < 4.78 is 37.6. The van der Waals surface area contributed by atoms with Crippen molar-refractivity contribution in [3.05, 3.63) is 30.5 Å². The van der Waals surface area contributed by atoms with E-state index in [2.05, 4.69) is 0 Å². The average molecular weight is 215 g/mol. The van der Waals surface area contributed by atoms with E-state index in [0.29, 0.717) is 10.9 Å². The lowest BCUT2D eigenvalue weighted by Gasteiger charge is -2.08. The fraction of sp³-hybridized carbons (Fsp3) is 0.200. The van der Waals surface area contributed by atoms with Crippen LogP contribution in [0.1, 0.15) is 0 Å². The highest BCUT2D eigenvalue weighted by molar-refractivity contribution is 5.81. The first-order valence-electron chi connectivity index (χ1n) is 4.30. The van der Waals surface area contributed by atoms with Gasteiger partial charge in [-0.2, -0.15) is 13.2 Å². The van der Waals surface area contributed by atoms with Crippen molar-refractivity contribution in [1.82, 2.24) is 4.57 Å². The molecule has 0 bridgehead atoms. The Kier molecular flexibility index (Phi) is 2.10. The number of fused-ring (bicyclic) bond motifs is 1. The lowest BCUT2D eigenvalue weighted by atomic mass is 10.2. The smallest absolute Gasteiger partial charge is 0.406 e. The molecule has 2 nitrogen and oxygen atoms in total. The first-order chi connectivity index (χ1) is 6.96. The summed E-state index contributed by atoms with van der Waals surface area (Å²) in [6.45, 7) is -1.01. The number of nitrogens with zero attached hydrogens (tertiary/aromatic N) is 1. The number of hydrogen-bond donors (Lipinski definition) is 1. The maximum Gasteiger partial charge on any atom is 0.406 e. The van der Waals surface area contributed by atoms with Gasteiger partial charge in [-0.3, -0.25) is 0 Å². The van der Waals surface area contributed by atoms with Crippen LogP contribution in [0.5, 0.6) is 5.75 Å². The molecule has 1 aromatic heterocycles. The fourth-order valence-electron chi connectivity index (χ4n) is 1.52. The number of aromatic hydroxyl groups is 1. The molecule has 15 heavy (non-hydrogen) atoms. The Hall–Kier alpha value is -1.65. The summed E-state index contributed by atoms with van der Waals surface area (Å²) in [7, 11) is 0. The summed E-state index contributed by atoms with van der Waals surface area (Å²) in [5.74, 6) is 0.0484. The van der Waals surface area contributed by atoms with Gasteiger partial charge in [0.05, 0.1) is 0 Å². The molecule has 0 aliphatic carbocycles. The van der Waals surface area contributed by atoms with Crippen molar-refractivity contribution in [2.45, 2.75) is 12.7 Å². The Balaban J connectivity index is 2.45. The Labute approximate surface area is 83.6 Å². The Morgan fingerprint density at radius 1 is 1.20 bits per heavy atom. The van der Waals surface area contributed by atoms with Crippen LogP contribution in [0.25, 0.3) is 10.9 Å². The molecule has 0 unspecified atom stereocenters. The van der Waals surface area contributed by atoms with Crippen LogP contribution in [0.2, 0.25) is 0 Å². The fourth-order valence-corrected chi connectivity index (χ4v) is 1.52. The third-order valence-corrected chi connectivity index (χ3v) is 2.10. The average Bonchev–Trinajstić information content (AvgIpc) is 2.45. The van der Waals surface area contributed by atoms with Gasteiger partial charge in [-0.25, -0.2) is 0 Å². The molecule has 0 aliphatic heterocycles. The molecule has 1 heterocycles. The van der Waals surface area contributed by atoms with Gasteiger partial charge in [0.25, 0.3) is 0 Å². The van der Waals surface area contributed by atoms with Gasteiger partial charge >= 0.3 is 6.18 Å². The van der Waals surface area contributed by atoms with Crippen molar-refractivity contribution in [2.75, 3.05) is 0 Å². The second-order valence-corrected chi connectivity index (χ2v) is 3.30. The summed E-state index contributed by atoms with van der Waals surface area (Å²) in [5.41, 5.74) is 0.463. The van der Waals surface area contributed by atoms with E-state index in [-0.39, 0.29) is 5.75 Å². The zero-order valence-electron chi connectivity index (χ0n) is 7.62. The summed E-state index contributed by atoms with van der Waals surface area (Å²) >= 11 is 0. The van der Waals surface area contributed by atoms with Crippen LogP contribution in [-0.4, -0.2) is 15.8 Å². The molecule has 5 heteroatoms. The monoisotopic (exact) mass is 215 g/mol. The normalized spacial score (nSPS) is 12.2. The Morgan fingerprint density at radius 3 is 2.60 bits per heavy atom. The molecular weight excluding hydrogens is 207 g/mol. The first kappa shape index (κ1) is 9.89. The molecule has 2 rings (SSSR count). The van der Waals surface area contributed by atoms with E-state index in [0.717, 1.165) is 4.57 Å². The minimum absolute atomic E-state index is 0.0484. The molecule has 0 saturated heterocycles.